The zero-order valence-electron chi connectivity index (χ0n) is 8.00. The number of halogens is 2. The van der Waals surface area contributed by atoms with Gasteiger partial charge in [-0.25, -0.2) is 0 Å². The summed E-state index contributed by atoms with van der Waals surface area (Å²) in [6.07, 6.45) is 2.62. The van der Waals surface area contributed by atoms with Gasteiger partial charge in [0.2, 0.25) is 0 Å². The number of rotatable bonds is 1. The number of aliphatic hydroxyl groups is 1. The molecule has 1 aromatic carbocycles. The van der Waals surface area contributed by atoms with E-state index in [1.54, 1.807) is 18.2 Å². The summed E-state index contributed by atoms with van der Waals surface area (Å²) in [5.74, 6) is -0.493. The largest absolute Gasteiger partial charge is 0.506 e. The van der Waals surface area contributed by atoms with Crippen LogP contribution in [-0.4, -0.2) is 11.0 Å². The highest BCUT2D eigenvalue weighted by atomic mass is 35.5. The zero-order chi connectivity index (χ0) is 11.7. The highest BCUT2D eigenvalue weighted by Crippen LogP contribution is 2.27. The van der Waals surface area contributed by atoms with Crippen LogP contribution in [0, 0.1) is 0 Å². The third-order valence-corrected chi connectivity index (χ3v) is 2.75. The molecule has 1 aromatic rings. The van der Waals surface area contributed by atoms with Crippen molar-refractivity contribution in [3.05, 3.63) is 51.3 Å². The van der Waals surface area contributed by atoms with E-state index in [2.05, 4.69) is 5.32 Å². The lowest BCUT2D eigenvalue weighted by Crippen LogP contribution is -2.13. The van der Waals surface area contributed by atoms with Gasteiger partial charge in [-0.1, -0.05) is 29.3 Å². The minimum atomic E-state index is -0.369. The number of nitrogens with one attached hydrogen (secondary N) is 1. The molecule has 2 rings (SSSR count). The first kappa shape index (κ1) is 11.0. The second-order valence-corrected chi connectivity index (χ2v) is 4.03. The molecule has 0 radical (unpaired) electrons. The van der Waals surface area contributed by atoms with Crippen LogP contribution in [0.15, 0.2) is 35.7 Å². The van der Waals surface area contributed by atoms with Gasteiger partial charge in [-0.2, -0.15) is 0 Å². The lowest BCUT2D eigenvalue weighted by Gasteiger charge is -2.04. The number of carbonyl (C=O) groups is 1. The van der Waals surface area contributed by atoms with Crippen molar-refractivity contribution >= 4 is 35.2 Å². The molecule has 0 fully saturated rings. The molecule has 0 bridgehead atoms. The van der Waals surface area contributed by atoms with Crippen LogP contribution >= 0.6 is 23.2 Å². The average Bonchev–Trinajstić information content (AvgIpc) is 2.51. The lowest BCUT2D eigenvalue weighted by molar-refractivity contribution is -0.115. The maximum absolute atomic E-state index is 11.0. The van der Waals surface area contributed by atoms with Gasteiger partial charge in [-0.3, -0.25) is 4.79 Å². The number of hydrogen-bond donors (Lipinski definition) is 2. The Bertz CT molecular complexity index is 500. The van der Waals surface area contributed by atoms with Crippen LogP contribution in [0.2, 0.25) is 10.0 Å². The molecule has 0 aliphatic carbocycles. The van der Waals surface area contributed by atoms with Crippen molar-refractivity contribution in [1.82, 2.24) is 5.32 Å². The fourth-order valence-electron chi connectivity index (χ4n) is 1.34. The first-order chi connectivity index (χ1) is 7.58. The quantitative estimate of drug-likeness (QED) is 0.811. The Balaban J connectivity index is 2.45. The van der Waals surface area contributed by atoms with Crippen molar-refractivity contribution in [2.45, 2.75) is 0 Å². The standard InChI is InChI=1S/C11H7Cl2NO2/c12-7-2-1-3-8(13)6(7)4-9-10(15)5-11(16)14-9/h1-5,15H,(H,14,16)/b9-4-. The number of carbonyl (C=O) groups excluding carboxylic acids is 1. The zero-order valence-corrected chi connectivity index (χ0v) is 9.51. The lowest BCUT2D eigenvalue weighted by atomic mass is 10.2. The van der Waals surface area contributed by atoms with Crippen LogP contribution in [0.1, 0.15) is 5.56 Å². The van der Waals surface area contributed by atoms with Gasteiger partial charge in [0, 0.05) is 21.7 Å². The molecule has 1 aliphatic rings. The van der Waals surface area contributed by atoms with Crippen LogP contribution in [0.3, 0.4) is 0 Å². The number of amides is 1. The van der Waals surface area contributed by atoms with E-state index in [1.165, 1.54) is 6.08 Å². The number of benzene rings is 1. The monoisotopic (exact) mass is 255 g/mol. The second-order valence-electron chi connectivity index (χ2n) is 3.21. The van der Waals surface area contributed by atoms with E-state index in [0.717, 1.165) is 6.08 Å². The van der Waals surface area contributed by atoms with Crippen molar-refractivity contribution in [3.63, 3.8) is 0 Å². The summed E-state index contributed by atoms with van der Waals surface area (Å²) in [5, 5.41) is 12.8. The topological polar surface area (TPSA) is 49.3 Å². The van der Waals surface area contributed by atoms with Gasteiger partial charge in [0.1, 0.15) is 5.76 Å². The van der Waals surface area contributed by atoms with E-state index in [9.17, 15) is 9.90 Å². The van der Waals surface area contributed by atoms with Gasteiger partial charge in [0.05, 0.1) is 5.70 Å². The molecule has 1 amide bonds. The van der Waals surface area contributed by atoms with E-state index in [1.807, 2.05) is 0 Å². The van der Waals surface area contributed by atoms with Gasteiger partial charge in [-0.15, -0.1) is 0 Å². The third kappa shape index (κ3) is 2.05. The summed E-state index contributed by atoms with van der Waals surface area (Å²) >= 11 is 11.9. The second kappa shape index (κ2) is 4.20. The fourth-order valence-corrected chi connectivity index (χ4v) is 1.84. The van der Waals surface area contributed by atoms with Gasteiger partial charge in [0.15, 0.2) is 0 Å². The summed E-state index contributed by atoms with van der Waals surface area (Å²) in [4.78, 5) is 11.0. The molecule has 16 heavy (non-hydrogen) atoms. The third-order valence-electron chi connectivity index (χ3n) is 2.09. The molecule has 5 heteroatoms. The van der Waals surface area contributed by atoms with Crippen LogP contribution < -0.4 is 5.32 Å². The molecular weight excluding hydrogens is 249 g/mol. The highest BCUT2D eigenvalue weighted by molar-refractivity contribution is 6.37. The van der Waals surface area contributed by atoms with Gasteiger partial charge >= 0.3 is 0 Å². The molecule has 82 valence electrons. The predicted octanol–water partition coefficient (Wildman–Crippen LogP) is 2.91. The van der Waals surface area contributed by atoms with Gasteiger partial charge < -0.3 is 10.4 Å². The Kier molecular flexibility index (Phi) is 2.90. The molecule has 1 aliphatic heterocycles. The van der Waals surface area contributed by atoms with Gasteiger partial charge in [-0.05, 0) is 18.2 Å². The Morgan fingerprint density at radius 1 is 1.25 bits per heavy atom. The molecule has 1 heterocycles. The van der Waals surface area contributed by atoms with Crippen LogP contribution in [0.25, 0.3) is 6.08 Å². The smallest absolute Gasteiger partial charge is 0.252 e. The molecule has 0 atom stereocenters. The van der Waals surface area contributed by atoms with E-state index in [-0.39, 0.29) is 11.7 Å². The molecular formula is C11H7Cl2NO2. The Morgan fingerprint density at radius 2 is 1.88 bits per heavy atom. The van der Waals surface area contributed by atoms with Crippen LogP contribution in [0.5, 0.6) is 0 Å². The summed E-state index contributed by atoms with van der Waals surface area (Å²) in [6, 6.07) is 5.07. The maximum Gasteiger partial charge on any atom is 0.252 e. The number of aliphatic hydroxyl groups excluding tert-OH is 1. The minimum absolute atomic E-state index is 0.124. The normalized spacial score (nSPS) is 17.5. The van der Waals surface area contributed by atoms with Crippen molar-refractivity contribution in [2.75, 3.05) is 0 Å². The SMILES string of the molecule is O=C1C=C(O)/C(=C/c2c(Cl)cccc2Cl)N1. The van der Waals surface area contributed by atoms with E-state index < -0.39 is 0 Å². The Labute approximate surface area is 102 Å². The average molecular weight is 256 g/mol. The number of hydrogen-bond acceptors (Lipinski definition) is 2. The summed E-state index contributed by atoms with van der Waals surface area (Å²) in [5.41, 5.74) is 0.850. The molecule has 0 aromatic heterocycles. The molecule has 2 N–H and O–H groups in total. The summed E-state index contributed by atoms with van der Waals surface area (Å²) < 4.78 is 0. The Morgan fingerprint density at radius 3 is 2.38 bits per heavy atom. The predicted molar refractivity (Wildman–Crippen MR) is 63.3 cm³/mol. The van der Waals surface area contributed by atoms with Gasteiger partial charge in [0.25, 0.3) is 5.91 Å². The van der Waals surface area contributed by atoms with Crippen molar-refractivity contribution in [2.24, 2.45) is 0 Å². The van der Waals surface area contributed by atoms with Crippen LogP contribution in [0.4, 0.5) is 0 Å². The first-order valence-electron chi connectivity index (χ1n) is 4.45. The summed E-state index contributed by atoms with van der Waals surface area (Å²) in [7, 11) is 0. The molecule has 3 nitrogen and oxygen atoms in total. The summed E-state index contributed by atoms with van der Waals surface area (Å²) in [6.45, 7) is 0. The van der Waals surface area contributed by atoms with E-state index in [4.69, 9.17) is 23.2 Å². The van der Waals surface area contributed by atoms with Crippen LogP contribution in [-0.2, 0) is 4.79 Å². The highest BCUT2D eigenvalue weighted by Gasteiger charge is 2.17. The van der Waals surface area contributed by atoms with E-state index in [0.29, 0.717) is 21.3 Å². The van der Waals surface area contributed by atoms with Crippen molar-refractivity contribution in [3.8, 4) is 0 Å². The van der Waals surface area contributed by atoms with E-state index >= 15 is 0 Å². The maximum atomic E-state index is 11.0. The minimum Gasteiger partial charge on any atom is -0.506 e. The molecule has 0 saturated heterocycles. The van der Waals surface area contributed by atoms with Crippen molar-refractivity contribution in [1.29, 1.82) is 0 Å². The van der Waals surface area contributed by atoms with Crippen molar-refractivity contribution < 1.29 is 9.90 Å². The molecule has 0 saturated carbocycles. The Hall–Kier alpha value is -1.45. The molecule has 0 spiro atoms. The molecule has 0 unspecified atom stereocenters. The first-order valence-corrected chi connectivity index (χ1v) is 5.21. The fraction of sp³-hybridized carbons (Fsp3) is 0.